The lowest BCUT2D eigenvalue weighted by Crippen LogP contribution is -2.37. The number of fused-ring (bicyclic) bond motifs is 3. The molecule has 0 aliphatic carbocycles. The van der Waals surface area contributed by atoms with Crippen molar-refractivity contribution in [1.29, 1.82) is 0 Å². The van der Waals surface area contributed by atoms with Gasteiger partial charge in [0.05, 0.1) is 35.7 Å². The number of carbonyl (C=O) groups is 2. The smallest absolute Gasteiger partial charge is 0.326 e. The van der Waals surface area contributed by atoms with Crippen LogP contribution in [-0.4, -0.2) is 57.1 Å². The lowest BCUT2D eigenvalue weighted by Gasteiger charge is -2.21. The number of amides is 3. The normalized spacial score (nSPS) is 14.7. The van der Waals surface area contributed by atoms with Gasteiger partial charge in [-0.25, -0.2) is 19.3 Å². The maximum Gasteiger partial charge on any atom is 0.326 e. The van der Waals surface area contributed by atoms with Crippen LogP contribution >= 0.6 is 0 Å². The first-order valence-electron chi connectivity index (χ1n) is 9.71. The van der Waals surface area contributed by atoms with Crippen LogP contribution < -0.4 is 10.2 Å². The number of aryl methyl sites for hydroxylation is 2. The fraction of sp³-hybridized carbons (Fsp3) is 0.381. The molecule has 0 unspecified atom stereocenters. The molecule has 9 heteroatoms. The molecule has 4 rings (SSSR count). The topological polar surface area (TPSA) is 95.7 Å². The minimum Gasteiger partial charge on any atom is -0.343 e. The molecule has 3 aromatic rings. The van der Waals surface area contributed by atoms with E-state index >= 15 is 0 Å². The zero-order valence-electron chi connectivity index (χ0n) is 18.0. The highest BCUT2D eigenvalue weighted by Crippen LogP contribution is 2.42. The average molecular weight is 407 g/mol. The molecule has 1 N–H and O–H groups in total. The lowest BCUT2D eigenvalue weighted by atomic mass is 9.88. The van der Waals surface area contributed by atoms with Crippen LogP contribution in [-0.2, 0) is 5.41 Å². The molecule has 0 atom stereocenters. The van der Waals surface area contributed by atoms with Crippen LogP contribution in [0.1, 0.15) is 41.2 Å². The largest absolute Gasteiger partial charge is 0.343 e. The number of imidazole rings is 1. The van der Waals surface area contributed by atoms with E-state index in [9.17, 15) is 9.59 Å². The van der Waals surface area contributed by atoms with Crippen LogP contribution in [0.5, 0.6) is 0 Å². The molecular weight excluding hydrogens is 382 g/mol. The van der Waals surface area contributed by atoms with Gasteiger partial charge in [0.25, 0.3) is 5.91 Å². The summed E-state index contributed by atoms with van der Waals surface area (Å²) >= 11 is 0. The van der Waals surface area contributed by atoms with Crippen LogP contribution in [0, 0.1) is 13.8 Å². The Morgan fingerprint density at radius 2 is 1.93 bits per heavy atom. The molecule has 0 saturated carbocycles. The van der Waals surface area contributed by atoms with Crippen molar-refractivity contribution in [3.63, 3.8) is 0 Å². The second-order valence-corrected chi connectivity index (χ2v) is 8.54. The number of hydrogen-bond acceptors (Lipinski definition) is 5. The zero-order valence-corrected chi connectivity index (χ0v) is 18.0. The van der Waals surface area contributed by atoms with Gasteiger partial charge in [0.1, 0.15) is 5.69 Å². The van der Waals surface area contributed by atoms with Gasteiger partial charge < -0.3 is 10.2 Å². The summed E-state index contributed by atoms with van der Waals surface area (Å²) in [5.41, 5.74) is 4.73. The number of rotatable bonds is 2. The maximum absolute atomic E-state index is 13.1. The Balaban J connectivity index is 1.64. The molecule has 0 aromatic carbocycles. The minimum absolute atomic E-state index is 0.175. The summed E-state index contributed by atoms with van der Waals surface area (Å²) in [6.45, 7) is 8.42. The highest BCUT2D eigenvalue weighted by Gasteiger charge is 2.41. The molecule has 1 aliphatic rings. The van der Waals surface area contributed by atoms with Crippen molar-refractivity contribution in [2.24, 2.45) is 0 Å². The second kappa shape index (κ2) is 6.79. The quantitative estimate of drug-likeness (QED) is 0.705. The number of hydrogen-bond donors (Lipinski definition) is 1. The summed E-state index contributed by atoms with van der Waals surface area (Å²) in [6.07, 6.45) is 5.09. The number of carbonyl (C=O) groups excluding carboxylic acids is 2. The highest BCUT2D eigenvalue weighted by molar-refractivity contribution is 6.04. The van der Waals surface area contributed by atoms with Crippen LogP contribution in [0.3, 0.4) is 0 Å². The van der Waals surface area contributed by atoms with Gasteiger partial charge in [-0.15, -0.1) is 0 Å². The molecule has 0 saturated heterocycles. The molecule has 1 aliphatic heterocycles. The summed E-state index contributed by atoms with van der Waals surface area (Å²) in [5, 5.41) is 7.32. The number of urea groups is 1. The Hall–Kier alpha value is -3.49. The molecular formula is C21H25N7O2. The molecule has 3 aromatic heterocycles. The van der Waals surface area contributed by atoms with Crippen molar-refractivity contribution in [2.45, 2.75) is 33.1 Å². The molecule has 0 bridgehead atoms. The molecule has 156 valence electrons. The zero-order chi connectivity index (χ0) is 21.8. The number of anilines is 2. The lowest BCUT2D eigenvalue weighted by molar-refractivity contribution is 0.0821. The van der Waals surface area contributed by atoms with Gasteiger partial charge >= 0.3 is 6.03 Å². The Labute approximate surface area is 174 Å². The standard InChI is InChI=1S/C21H25N7O2/c1-12-7-14(8-22-17(12)19(29)26(5)6)25-20(30)27-11-21(3,4)16-15(27)9-23-28-10-13(2)24-18(16)28/h7-10H,11H2,1-6H3,(H,25,30). The summed E-state index contributed by atoms with van der Waals surface area (Å²) in [4.78, 5) is 37.3. The average Bonchev–Trinajstić information content (AvgIpc) is 3.17. The molecule has 0 fully saturated rings. The van der Waals surface area contributed by atoms with Gasteiger partial charge in [-0.3, -0.25) is 9.69 Å². The van der Waals surface area contributed by atoms with E-state index in [2.05, 4.69) is 34.2 Å². The van der Waals surface area contributed by atoms with Gasteiger partial charge in [-0.2, -0.15) is 5.10 Å². The Bertz CT molecular complexity index is 1180. The number of nitrogens with zero attached hydrogens (tertiary/aromatic N) is 6. The van der Waals surface area contributed by atoms with Gasteiger partial charge in [0, 0.05) is 31.6 Å². The molecule has 0 spiro atoms. The maximum atomic E-state index is 13.1. The van der Waals surface area contributed by atoms with E-state index in [1.165, 1.54) is 11.1 Å². The van der Waals surface area contributed by atoms with E-state index in [1.54, 1.807) is 42.7 Å². The van der Waals surface area contributed by atoms with E-state index in [0.717, 1.165) is 22.6 Å². The summed E-state index contributed by atoms with van der Waals surface area (Å²) in [7, 11) is 3.36. The third kappa shape index (κ3) is 3.16. The van der Waals surface area contributed by atoms with E-state index < -0.39 is 0 Å². The Morgan fingerprint density at radius 3 is 2.60 bits per heavy atom. The number of aromatic nitrogens is 4. The van der Waals surface area contributed by atoms with Crippen molar-refractivity contribution >= 4 is 29.0 Å². The van der Waals surface area contributed by atoms with Crippen molar-refractivity contribution < 1.29 is 9.59 Å². The molecule has 30 heavy (non-hydrogen) atoms. The highest BCUT2D eigenvalue weighted by atomic mass is 16.2. The van der Waals surface area contributed by atoms with Crippen molar-refractivity contribution in [2.75, 3.05) is 30.9 Å². The third-order valence-electron chi connectivity index (χ3n) is 5.30. The van der Waals surface area contributed by atoms with Gasteiger partial charge in [0.2, 0.25) is 0 Å². The first-order chi connectivity index (χ1) is 14.1. The van der Waals surface area contributed by atoms with Crippen LogP contribution in [0.25, 0.3) is 5.65 Å². The van der Waals surface area contributed by atoms with Crippen molar-refractivity contribution in [3.05, 3.63) is 47.2 Å². The monoisotopic (exact) mass is 407 g/mol. The van der Waals surface area contributed by atoms with Crippen LogP contribution in [0.4, 0.5) is 16.2 Å². The molecule has 9 nitrogen and oxygen atoms in total. The predicted molar refractivity (Wildman–Crippen MR) is 114 cm³/mol. The van der Waals surface area contributed by atoms with E-state index in [4.69, 9.17) is 0 Å². The molecule has 3 amide bonds. The fourth-order valence-electron chi connectivity index (χ4n) is 3.90. The van der Waals surface area contributed by atoms with E-state index in [0.29, 0.717) is 23.5 Å². The van der Waals surface area contributed by atoms with Crippen LogP contribution in [0.2, 0.25) is 0 Å². The molecule has 0 radical (unpaired) electrons. The van der Waals surface area contributed by atoms with Crippen LogP contribution in [0.15, 0.2) is 24.7 Å². The SMILES string of the molecule is Cc1cn2ncc3c(c2n1)C(C)(C)CN3C(=O)Nc1cnc(C(=O)N(C)C)c(C)c1. The summed E-state index contributed by atoms with van der Waals surface area (Å²) in [6, 6.07) is 1.48. The Morgan fingerprint density at radius 1 is 1.20 bits per heavy atom. The number of nitrogens with one attached hydrogen (secondary N) is 1. The second-order valence-electron chi connectivity index (χ2n) is 8.54. The minimum atomic E-state index is -0.274. The first kappa shape index (κ1) is 19.8. The fourth-order valence-corrected chi connectivity index (χ4v) is 3.90. The molecule has 4 heterocycles. The van der Waals surface area contributed by atoms with Crippen molar-refractivity contribution in [3.8, 4) is 0 Å². The van der Waals surface area contributed by atoms with Crippen molar-refractivity contribution in [1.82, 2.24) is 24.5 Å². The van der Waals surface area contributed by atoms with Gasteiger partial charge in [-0.1, -0.05) is 13.8 Å². The first-order valence-corrected chi connectivity index (χ1v) is 9.71. The third-order valence-corrected chi connectivity index (χ3v) is 5.30. The Kier molecular flexibility index (Phi) is 4.48. The number of pyridine rings is 1. The van der Waals surface area contributed by atoms with E-state index in [1.807, 2.05) is 13.1 Å². The summed E-state index contributed by atoms with van der Waals surface area (Å²) < 4.78 is 1.76. The predicted octanol–water partition coefficient (Wildman–Crippen LogP) is 2.77. The van der Waals surface area contributed by atoms with Gasteiger partial charge in [-0.05, 0) is 25.5 Å². The van der Waals surface area contributed by atoms with E-state index in [-0.39, 0.29) is 17.4 Å². The summed E-state index contributed by atoms with van der Waals surface area (Å²) in [5.74, 6) is -0.175. The van der Waals surface area contributed by atoms with Gasteiger partial charge in [0.15, 0.2) is 5.65 Å².